The van der Waals surface area contributed by atoms with Crippen molar-refractivity contribution in [3.05, 3.63) is 47.5 Å². The number of hydrogen-bond acceptors (Lipinski definition) is 2. The summed E-state index contributed by atoms with van der Waals surface area (Å²) in [7, 11) is 0. The molecule has 1 aromatic rings. The van der Waals surface area contributed by atoms with Crippen LogP contribution in [0.2, 0.25) is 0 Å². The van der Waals surface area contributed by atoms with Crippen molar-refractivity contribution in [2.45, 2.75) is 44.6 Å². The molecule has 2 aliphatic heterocycles. The van der Waals surface area contributed by atoms with Crippen LogP contribution in [-0.4, -0.2) is 36.0 Å². The molecule has 2 fully saturated rings. The molecule has 2 heterocycles. The minimum atomic E-state index is 0.0257. The fourth-order valence-corrected chi connectivity index (χ4v) is 3.75. The van der Waals surface area contributed by atoms with Gasteiger partial charge in [0.2, 0.25) is 5.91 Å². The van der Waals surface area contributed by atoms with E-state index in [9.17, 15) is 4.79 Å². The number of carbonyl (C=O) groups is 1. The molecule has 118 valence electrons. The lowest BCUT2D eigenvalue weighted by molar-refractivity contribution is -0.121. The van der Waals surface area contributed by atoms with Crippen LogP contribution >= 0.6 is 0 Å². The van der Waals surface area contributed by atoms with Gasteiger partial charge in [-0.15, -0.1) is 0 Å². The average molecular weight is 298 g/mol. The van der Waals surface area contributed by atoms with Crippen molar-refractivity contribution in [2.75, 3.05) is 19.6 Å². The smallest absolute Gasteiger partial charge is 0.228 e. The Kier molecular flexibility index (Phi) is 4.34. The number of benzene rings is 1. The number of allylic oxidation sites excluding steroid dienone is 1. The summed E-state index contributed by atoms with van der Waals surface area (Å²) in [6.07, 6.45) is 5.28. The lowest BCUT2D eigenvalue weighted by Gasteiger charge is -2.39. The van der Waals surface area contributed by atoms with Gasteiger partial charge in [-0.25, -0.2) is 0 Å². The van der Waals surface area contributed by atoms with Gasteiger partial charge in [0, 0.05) is 25.2 Å². The van der Waals surface area contributed by atoms with Gasteiger partial charge in [-0.2, -0.15) is 0 Å². The molecule has 1 atom stereocenters. The van der Waals surface area contributed by atoms with Crippen LogP contribution in [0.1, 0.15) is 44.6 Å². The summed E-state index contributed by atoms with van der Waals surface area (Å²) in [4.78, 5) is 14.9. The summed E-state index contributed by atoms with van der Waals surface area (Å²) >= 11 is 0. The molecule has 1 amide bonds. The maximum absolute atomic E-state index is 12.4. The van der Waals surface area contributed by atoms with E-state index in [-0.39, 0.29) is 17.4 Å². The monoisotopic (exact) mass is 298 g/mol. The number of likely N-dealkylation sites (tertiary alicyclic amines) is 1. The standard InChI is InChI=1S/C19H26N2O/c1-3-15(2)14-21-11-9-19(10-12-21)13-17(18(22)20-19)16-7-5-4-6-8-16/h3-8,17H,9-14H2,1-2H3,(H,20,22)/b15-3+. The van der Waals surface area contributed by atoms with Crippen LogP contribution < -0.4 is 5.32 Å². The highest BCUT2D eigenvalue weighted by Crippen LogP contribution is 2.39. The molecule has 3 nitrogen and oxygen atoms in total. The van der Waals surface area contributed by atoms with Gasteiger partial charge in [0.25, 0.3) is 0 Å². The first-order valence-electron chi connectivity index (χ1n) is 8.33. The molecule has 1 N–H and O–H groups in total. The summed E-state index contributed by atoms with van der Waals surface area (Å²) in [6, 6.07) is 10.2. The van der Waals surface area contributed by atoms with E-state index in [0.29, 0.717) is 0 Å². The van der Waals surface area contributed by atoms with Gasteiger partial charge >= 0.3 is 0 Å². The molecule has 0 bridgehead atoms. The first kappa shape index (κ1) is 15.3. The molecular formula is C19H26N2O. The molecule has 2 aliphatic rings. The first-order valence-corrected chi connectivity index (χ1v) is 8.33. The second kappa shape index (κ2) is 6.25. The molecule has 2 saturated heterocycles. The zero-order valence-corrected chi connectivity index (χ0v) is 13.6. The van der Waals surface area contributed by atoms with Crippen molar-refractivity contribution < 1.29 is 4.79 Å². The molecule has 0 aromatic heterocycles. The Balaban J connectivity index is 1.64. The molecule has 0 radical (unpaired) electrons. The van der Waals surface area contributed by atoms with Crippen molar-refractivity contribution in [2.24, 2.45) is 0 Å². The minimum Gasteiger partial charge on any atom is -0.350 e. The molecule has 1 spiro atoms. The van der Waals surface area contributed by atoms with E-state index in [4.69, 9.17) is 0 Å². The molecular weight excluding hydrogens is 272 g/mol. The average Bonchev–Trinajstić information content (AvgIpc) is 2.87. The van der Waals surface area contributed by atoms with E-state index in [2.05, 4.69) is 42.3 Å². The number of carbonyl (C=O) groups excluding carboxylic acids is 1. The van der Waals surface area contributed by atoms with Crippen molar-refractivity contribution in [3.63, 3.8) is 0 Å². The summed E-state index contributed by atoms with van der Waals surface area (Å²) in [5.74, 6) is 0.245. The van der Waals surface area contributed by atoms with Crippen molar-refractivity contribution in [1.29, 1.82) is 0 Å². The molecule has 3 rings (SSSR count). The maximum atomic E-state index is 12.4. The third-order valence-electron chi connectivity index (χ3n) is 5.28. The van der Waals surface area contributed by atoms with Crippen molar-refractivity contribution >= 4 is 5.91 Å². The summed E-state index contributed by atoms with van der Waals surface area (Å²) in [6.45, 7) is 7.50. The fraction of sp³-hybridized carbons (Fsp3) is 0.526. The SMILES string of the molecule is C/C=C(\C)CN1CCC2(CC1)CC(c1ccccc1)C(=O)N2. The van der Waals surface area contributed by atoms with Crippen LogP contribution in [0.5, 0.6) is 0 Å². The molecule has 3 heteroatoms. The van der Waals surface area contributed by atoms with Crippen molar-refractivity contribution in [1.82, 2.24) is 10.2 Å². The van der Waals surface area contributed by atoms with Crippen LogP contribution in [0, 0.1) is 0 Å². The van der Waals surface area contributed by atoms with Gasteiger partial charge in [0.15, 0.2) is 0 Å². The molecule has 22 heavy (non-hydrogen) atoms. The van der Waals surface area contributed by atoms with Crippen LogP contribution in [0.25, 0.3) is 0 Å². The fourth-order valence-electron chi connectivity index (χ4n) is 3.75. The second-order valence-corrected chi connectivity index (χ2v) is 6.85. The van der Waals surface area contributed by atoms with Gasteiger partial charge < -0.3 is 5.32 Å². The van der Waals surface area contributed by atoms with E-state index in [1.54, 1.807) is 0 Å². The topological polar surface area (TPSA) is 32.3 Å². The number of hydrogen-bond donors (Lipinski definition) is 1. The minimum absolute atomic E-state index is 0.0257. The lowest BCUT2D eigenvalue weighted by atomic mass is 9.82. The Labute approximate surface area is 133 Å². The van der Waals surface area contributed by atoms with E-state index >= 15 is 0 Å². The Hall–Kier alpha value is -1.61. The van der Waals surface area contributed by atoms with Gasteiger partial charge in [-0.1, -0.05) is 42.0 Å². The molecule has 1 aromatic carbocycles. The lowest BCUT2D eigenvalue weighted by Crippen LogP contribution is -2.51. The summed E-state index contributed by atoms with van der Waals surface area (Å²) in [5.41, 5.74) is 2.61. The maximum Gasteiger partial charge on any atom is 0.228 e. The molecule has 0 saturated carbocycles. The second-order valence-electron chi connectivity index (χ2n) is 6.85. The Morgan fingerprint density at radius 2 is 2.00 bits per heavy atom. The van der Waals surface area contributed by atoms with Crippen molar-refractivity contribution in [3.8, 4) is 0 Å². The summed E-state index contributed by atoms with van der Waals surface area (Å²) in [5, 5.41) is 3.33. The van der Waals surface area contributed by atoms with Gasteiger partial charge in [0.1, 0.15) is 0 Å². The van der Waals surface area contributed by atoms with Crippen LogP contribution in [0.4, 0.5) is 0 Å². The van der Waals surface area contributed by atoms with E-state index < -0.39 is 0 Å². The normalized spacial score (nSPS) is 25.5. The number of piperidine rings is 1. The number of rotatable bonds is 3. The zero-order valence-electron chi connectivity index (χ0n) is 13.6. The molecule has 0 aliphatic carbocycles. The Morgan fingerprint density at radius 1 is 1.32 bits per heavy atom. The Bertz CT molecular complexity index is 556. The van der Waals surface area contributed by atoms with Crippen LogP contribution in [-0.2, 0) is 4.79 Å². The quantitative estimate of drug-likeness (QED) is 0.870. The van der Waals surface area contributed by atoms with E-state index in [1.165, 1.54) is 5.57 Å². The van der Waals surface area contributed by atoms with E-state index in [0.717, 1.165) is 44.5 Å². The number of nitrogens with one attached hydrogen (secondary N) is 1. The number of amides is 1. The Morgan fingerprint density at radius 3 is 2.64 bits per heavy atom. The van der Waals surface area contributed by atoms with Gasteiger partial charge in [-0.05, 0) is 38.7 Å². The summed E-state index contributed by atoms with van der Waals surface area (Å²) < 4.78 is 0. The highest BCUT2D eigenvalue weighted by atomic mass is 16.2. The third-order valence-corrected chi connectivity index (χ3v) is 5.28. The zero-order chi connectivity index (χ0) is 15.6. The largest absolute Gasteiger partial charge is 0.350 e. The van der Waals surface area contributed by atoms with Crippen LogP contribution in [0.3, 0.4) is 0 Å². The van der Waals surface area contributed by atoms with Gasteiger partial charge in [-0.3, -0.25) is 9.69 Å². The highest BCUT2D eigenvalue weighted by Gasteiger charge is 2.45. The highest BCUT2D eigenvalue weighted by molar-refractivity contribution is 5.87. The van der Waals surface area contributed by atoms with Crippen LogP contribution in [0.15, 0.2) is 42.0 Å². The predicted octanol–water partition coefficient (Wildman–Crippen LogP) is 3.09. The third kappa shape index (κ3) is 3.09. The predicted molar refractivity (Wildman–Crippen MR) is 89.8 cm³/mol. The molecule has 1 unspecified atom stereocenters. The van der Waals surface area contributed by atoms with E-state index in [1.807, 2.05) is 18.2 Å². The number of nitrogens with zero attached hydrogens (tertiary/aromatic N) is 1. The first-order chi connectivity index (χ1) is 10.6. The van der Waals surface area contributed by atoms with Gasteiger partial charge in [0.05, 0.1) is 5.92 Å².